The lowest BCUT2D eigenvalue weighted by Crippen LogP contribution is -2.43. The van der Waals surface area contributed by atoms with Crippen LogP contribution in [-0.4, -0.2) is 63.0 Å². The van der Waals surface area contributed by atoms with Crippen molar-refractivity contribution in [1.29, 1.82) is 0 Å². The number of nitrogens with one attached hydrogen (secondary N) is 1. The smallest absolute Gasteiger partial charge is 0.225 e. The molecule has 1 N–H and O–H groups in total. The Morgan fingerprint density at radius 3 is 2.70 bits per heavy atom. The summed E-state index contributed by atoms with van der Waals surface area (Å²) in [5, 5.41) is 12.1. The van der Waals surface area contributed by atoms with Gasteiger partial charge in [-0.25, -0.2) is 5.01 Å². The number of benzene rings is 1. The Labute approximate surface area is 203 Å². The molecule has 0 aliphatic carbocycles. The average Bonchev–Trinajstić information content (AvgIpc) is 3.43. The van der Waals surface area contributed by atoms with Gasteiger partial charge in [-0.15, -0.1) is 5.10 Å². The Hall–Kier alpha value is -2.71. The number of carbonyl (C=O) groups excluding carboxylic acids is 1. The molecule has 7 nitrogen and oxygen atoms in total. The Bertz CT molecular complexity index is 1050. The number of thioether (sulfide) groups is 1. The van der Waals surface area contributed by atoms with Crippen molar-refractivity contribution in [1.82, 2.24) is 25.1 Å². The molecule has 0 radical (unpaired) electrons. The number of hydrogen-bond acceptors (Lipinski definition) is 7. The molecule has 1 amide bonds. The van der Waals surface area contributed by atoms with Gasteiger partial charge in [-0.3, -0.25) is 9.78 Å². The van der Waals surface area contributed by atoms with Gasteiger partial charge in [0.15, 0.2) is 10.7 Å². The first kappa shape index (κ1) is 22.1. The molecule has 1 aromatic carbocycles. The summed E-state index contributed by atoms with van der Waals surface area (Å²) in [5.74, 6) is 0.320. The fourth-order valence-corrected chi connectivity index (χ4v) is 5.52. The van der Waals surface area contributed by atoms with Crippen molar-refractivity contribution in [2.45, 2.75) is 24.8 Å². The van der Waals surface area contributed by atoms with Crippen LogP contribution in [0, 0.1) is 5.92 Å². The number of hydrogen-bond donors (Lipinski definition) is 1. The van der Waals surface area contributed by atoms with Crippen molar-refractivity contribution in [3.05, 3.63) is 71.1 Å². The van der Waals surface area contributed by atoms with E-state index in [-0.39, 0.29) is 17.3 Å². The number of hydrazone groups is 1. The molecule has 1 fully saturated rings. The zero-order valence-electron chi connectivity index (χ0n) is 18.5. The number of piperidine rings is 1. The SMILES string of the molecule is CN(CCc1ccccn1)C(=O)C1CCN(C2=NN3C=C(c4ccc(Cl)cc4)NC3S2)CC1. The predicted molar refractivity (Wildman–Crippen MR) is 133 cm³/mol. The van der Waals surface area contributed by atoms with Crippen molar-refractivity contribution >= 4 is 40.1 Å². The largest absolute Gasteiger partial charge is 0.353 e. The Morgan fingerprint density at radius 2 is 2.00 bits per heavy atom. The Morgan fingerprint density at radius 1 is 1.21 bits per heavy atom. The molecule has 0 spiro atoms. The second kappa shape index (κ2) is 9.65. The number of rotatable bonds is 5. The minimum Gasteiger partial charge on any atom is -0.353 e. The quantitative estimate of drug-likeness (QED) is 0.701. The highest BCUT2D eigenvalue weighted by molar-refractivity contribution is 8.14. The molecule has 1 atom stereocenters. The molecular formula is C24H27ClN6OS. The van der Waals surface area contributed by atoms with Gasteiger partial charge in [0, 0.05) is 55.9 Å². The first-order valence-electron chi connectivity index (χ1n) is 11.2. The van der Waals surface area contributed by atoms with E-state index in [0.717, 1.165) is 59.5 Å². The summed E-state index contributed by atoms with van der Waals surface area (Å²) < 4.78 is 0. The van der Waals surface area contributed by atoms with Crippen molar-refractivity contribution in [3.63, 3.8) is 0 Å². The summed E-state index contributed by atoms with van der Waals surface area (Å²) in [4.78, 5) is 21.4. The lowest BCUT2D eigenvalue weighted by atomic mass is 9.95. The van der Waals surface area contributed by atoms with Crippen LogP contribution in [0.2, 0.25) is 5.02 Å². The van der Waals surface area contributed by atoms with Crippen molar-refractivity contribution < 1.29 is 4.79 Å². The lowest BCUT2D eigenvalue weighted by Gasteiger charge is -2.33. The van der Waals surface area contributed by atoms with Crippen LogP contribution in [0.15, 0.2) is 60.0 Å². The van der Waals surface area contributed by atoms with Crippen LogP contribution >= 0.6 is 23.4 Å². The van der Waals surface area contributed by atoms with Gasteiger partial charge in [0.1, 0.15) is 0 Å². The number of aromatic nitrogens is 1. The van der Waals surface area contributed by atoms with E-state index in [1.807, 2.05) is 65.6 Å². The molecule has 2 aromatic rings. The van der Waals surface area contributed by atoms with Gasteiger partial charge in [-0.2, -0.15) is 0 Å². The number of likely N-dealkylation sites (N-methyl/N-ethyl adjacent to an activating group) is 1. The highest BCUT2D eigenvalue weighted by Gasteiger charge is 2.36. The molecule has 33 heavy (non-hydrogen) atoms. The van der Waals surface area contributed by atoms with Crippen LogP contribution in [0.25, 0.3) is 5.70 Å². The molecule has 0 saturated carbocycles. The molecule has 9 heteroatoms. The third-order valence-electron chi connectivity index (χ3n) is 6.27. The number of amides is 1. The number of likely N-dealkylation sites (tertiary alicyclic amines) is 1. The van der Waals surface area contributed by atoms with E-state index in [1.165, 1.54) is 0 Å². The number of fused-ring (bicyclic) bond motifs is 1. The van der Waals surface area contributed by atoms with Gasteiger partial charge in [-0.05, 0) is 54.4 Å². The van der Waals surface area contributed by atoms with Crippen molar-refractivity contribution in [2.24, 2.45) is 11.0 Å². The van der Waals surface area contributed by atoms with Gasteiger partial charge < -0.3 is 15.1 Å². The first-order chi connectivity index (χ1) is 16.1. The fourth-order valence-electron chi connectivity index (χ4n) is 4.32. The Kier molecular flexibility index (Phi) is 6.46. The maximum Gasteiger partial charge on any atom is 0.225 e. The van der Waals surface area contributed by atoms with Crippen LogP contribution in [0.5, 0.6) is 0 Å². The fraction of sp³-hybridized carbons (Fsp3) is 0.375. The van der Waals surface area contributed by atoms with Crippen LogP contribution in [0.1, 0.15) is 24.1 Å². The van der Waals surface area contributed by atoms with E-state index in [4.69, 9.17) is 16.7 Å². The van der Waals surface area contributed by atoms with Gasteiger partial charge in [0.05, 0.1) is 11.9 Å². The molecular weight excluding hydrogens is 456 g/mol. The van der Waals surface area contributed by atoms with Gasteiger partial charge in [-0.1, -0.05) is 29.8 Å². The van der Waals surface area contributed by atoms with Crippen LogP contribution in [-0.2, 0) is 11.2 Å². The maximum atomic E-state index is 12.9. The molecule has 1 aromatic heterocycles. The molecule has 0 bridgehead atoms. The van der Waals surface area contributed by atoms with Crippen LogP contribution < -0.4 is 5.32 Å². The number of nitrogens with zero attached hydrogens (tertiary/aromatic N) is 5. The van der Waals surface area contributed by atoms with E-state index in [9.17, 15) is 4.79 Å². The van der Waals surface area contributed by atoms with E-state index < -0.39 is 0 Å². The van der Waals surface area contributed by atoms with E-state index >= 15 is 0 Å². The summed E-state index contributed by atoms with van der Waals surface area (Å²) in [6.07, 6.45) is 6.34. The number of pyridine rings is 1. The molecule has 5 rings (SSSR count). The summed E-state index contributed by atoms with van der Waals surface area (Å²) in [6, 6.07) is 13.7. The highest BCUT2D eigenvalue weighted by atomic mass is 35.5. The predicted octanol–water partition coefficient (Wildman–Crippen LogP) is 3.65. The summed E-state index contributed by atoms with van der Waals surface area (Å²) >= 11 is 7.72. The van der Waals surface area contributed by atoms with Crippen molar-refractivity contribution in [2.75, 3.05) is 26.7 Å². The third kappa shape index (κ3) is 4.96. The van der Waals surface area contributed by atoms with Crippen LogP contribution in [0.4, 0.5) is 0 Å². The molecule has 4 heterocycles. The van der Waals surface area contributed by atoms with E-state index in [2.05, 4.69) is 15.2 Å². The summed E-state index contributed by atoms with van der Waals surface area (Å²) in [5.41, 5.74) is 3.23. The van der Waals surface area contributed by atoms with Gasteiger partial charge in [0.2, 0.25) is 5.91 Å². The topological polar surface area (TPSA) is 64.1 Å². The number of halogens is 1. The van der Waals surface area contributed by atoms with E-state index in [0.29, 0.717) is 6.54 Å². The zero-order chi connectivity index (χ0) is 22.8. The highest BCUT2D eigenvalue weighted by Crippen LogP contribution is 2.35. The van der Waals surface area contributed by atoms with E-state index in [1.54, 1.807) is 18.0 Å². The monoisotopic (exact) mass is 482 g/mol. The second-order valence-corrected chi connectivity index (χ2v) is 10.0. The van der Waals surface area contributed by atoms with Gasteiger partial charge >= 0.3 is 0 Å². The average molecular weight is 483 g/mol. The van der Waals surface area contributed by atoms with Crippen LogP contribution in [0.3, 0.4) is 0 Å². The normalized spacial score (nSPS) is 20.2. The molecule has 172 valence electrons. The van der Waals surface area contributed by atoms with Crippen molar-refractivity contribution in [3.8, 4) is 0 Å². The molecule has 1 saturated heterocycles. The summed E-state index contributed by atoms with van der Waals surface area (Å²) in [7, 11) is 1.90. The second-order valence-electron chi connectivity index (χ2n) is 8.52. The number of carbonyl (C=O) groups is 1. The minimum atomic E-state index is 0.0720. The lowest BCUT2D eigenvalue weighted by molar-refractivity contribution is -0.135. The third-order valence-corrected chi connectivity index (χ3v) is 7.63. The molecule has 3 aliphatic rings. The zero-order valence-corrected chi connectivity index (χ0v) is 20.1. The standard InChI is InChI=1S/C24H27ClN6OS/c1-29(13-11-20-4-2-3-12-26-20)22(32)18-9-14-30(15-10-18)24-28-31-16-21(27-23(31)33-24)17-5-7-19(25)8-6-17/h2-8,12,16,18,23,27H,9-11,13-15H2,1H3. The summed E-state index contributed by atoms with van der Waals surface area (Å²) in [6.45, 7) is 2.40. The minimum absolute atomic E-state index is 0.0720. The number of amidine groups is 1. The molecule has 3 aliphatic heterocycles. The van der Waals surface area contributed by atoms with Gasteiger partial charge in [0.25, 0.3) is 0 Å². The maximum absolute atomic E-state index is 12.9. The first-order valence-corrected chi connectivity index (χ1v) is 12.5. The molecule has 1 unspecified atom stereocenters. The Balaban J connectivity index is 1.12.